The largest absolute Gasteiger partial charge is 0.383 e. The monoisotopic (exact) mass is 478 g/mol. The number of nitrogens with two attached hydrogens (primary N) is 1. The van der Waals surface area contributed by atoms with Gasteiger partial charge in [-0.15, -0.1) is 0 Å². The number of fused-ring (bicyclic) bond motifs is 2. The number of anilines is 1. The standard InChI is InChI=1S/C29H30N6O/c1-36-14-12-31-18-19-15-23(16-19)29-34-26(27-28(30)32-11-13-35(27)29)22-8-7-21-9-10-24(33-25(21)17-22)20-5-3-2-4-6-20/h2-11,13,17,19,23,31H,12,14-16,18H2,1H3,(H2,30,32). The molecular formula is C29H30N6O. The van der Waals surface area contributed by atoms with Crippen molar-refractivity contribution in [2.75, 3.05) is 32.5 Å². The number of benzene rings is 2. The lowest BCUT2D eigenvalue weighted by molar-refractivity contribution is 0.189. The Morgan fingerprint density at radius 1 is 1.03 bits per heavy atom. The Bertz CT molecular complexity index is 1510. The fourth-order valence-corrected chi connectivity index (χ4v) is 5.20. The third kappa shape index (κ3) is 4.21. The van der Waals surface area contributed by atoms with E-state index in [1.54, 1.807) is 13.3 Å². The fourth-order valence-electron chi connectivity index (χ4n) is 5.20. The number of nitrogens with one attached hydrogen (secondary N) is 1. The SMILES string of the molecule is COCCNCC1CC(c2nc(-c3ccc4ccc(-c5ccccc5)nc4c3)c3c(N)nccn23)C1. The van der Waals surface area contributed by atoms with E-state index in [0.29, 0.717) is 17.7 Å². The average Bonchev–Trinajstić information content (AvgIpc) is 3.28. The molecule has 36 heavy (non-hydrogen) atoms. The summed E-state index contributed by atoms with van der Waals surface area (Å²) in [4.78, 5) is 14.5. The predicted molar refractivity (Wildman–Crippen MR) is 144 cm³/mol. The summed E-state index contributed by atoms with van der Waals surface area (Å²) in [5, 5.41) is 4.58. The van der Waals surface area contributed by atoms with Gasteiger partial charge in [-0.2, -0.15) is 0 Å². The summed E-state index contributed by atoms with van der Waals surface area (Å²) in [7, 11) is 1.73. The van der Waals surface area contributed by atoms with E-state index >= 15 is 0 Å². The molecule has 0 atom stereocenters. The molecule has 3 heterocycles. The molecule has 0 aliphatic heterocycles. The van der Waals surface area contributed by atoms with Gasteiger partial charge in [-0.1, -0.05) is 48.5 Å². The van der Waals surface area contributed by atoms with Crippen molar-refractivity contribution < 1.29 is 4.74 Å². The number of hydrogen-bond acceptors (Lipinski definition) is 6. The smallest absolute Gasteiger partial charge is 0.150 e. The summed E-state index contributed by atoms with van der Waals surface area (Å²) in [5.74, 6) is 2.62. The number of aromatic nitrogens is 4. The molecule has 1 fully saturated rings. The van der Waals surface area contributed by atoms with Gasteiger partial charge in [0.2, 0.25) is 0 Å². The highest BCUT2D eigenvalue weighted by molar-refractivity contribution is 5.91. The van der Waals surface area contributed by atoms with Gasteiger partial charge in [0.05, 0.1) is 17.8 Å². The van der Waals surface area contributed by atoms with Crippen LogP contribution in [0.5, 0.6) is 0 Å². The van der Waals surface area contributed by atoms with Gasteiger partial charge in [0.15, 0.2) is 0 Å². The first-order valence-corrected chi connectivity index (χ1v) is 12.5. The van der Waals surface area contributed by atoms with Crippen LogP contribution in [0.1, 0.15) is 24.6 Å². The second kappa shape index (κ2) is 9.68. The topological polar surface area (TPSA) is 90.4 Å². The molecule has 3 aromatic heterocycles. The van der Waals surface area contributed by atoms with Gasteiger partial charge < -0.3 is 15.8 Å². The third-order valence-electron chi connectivity index (χ3n) is 7.16. The highest BCUT2D eigenvalue weighted by Crippen LogP contribution is 2.43. The molecule has 1 aliphatic rings. The van der Waals surface area contributed by atoms with E-state index in [0.717, 1.165) is 77.3 Å². The van der Waals surface area contributed by atoms with Gasteiger partial charge in [-0.3, -0.25) is 4.40 Å². The number of nitrogens with zero attached hydrogens (tertiary/aromatic N) is 4. The highest BCUT2D eigenvalue weighted by atomic mass is 16.5. The number of pyridine rings is 1. The first-order valence-electron chi connectivity index (χ1n) is 12.5. The van der Waals surface area contributed by atoms with E-state index in [2.05, 4.69) is 57.2 Å². The zero-order valence-corrected chi connectivity index (χ0v) is 20.4. The maximum Gasteiger partial charge on any atom is 0.150 e. The summed E-state index contributed by atoms with van der Waals surface area (Å²) in [6.07, 6.45) is 5.96. The predicted octanol–water partition coefficient (Wildman–Crippen LogP) is 4.92. The number of methoxy groups -OCH3 is 1. The van der Waals surface area contributed by atoms with Gasteiger partial charge in [-0.05, 0) is 37.4 Å². The van der Waals surface area contributed by atoms with Crippen LogP contribution in [-0.4, -0.2) is 46.2 Å². The molecule has 1 aliphatic carbocycles. The Morgan fingerprint density at radius 3 is 2.69 bits per heavy atom. The Kier molecular flexibility index (Phi) is 6.09. The number of hydrogen-bond donors (Lipinski definition) is 2. The minimum Gasteiger partial charge on any atom is -0.383 e. The first-order chi connectivity index (χ1) is 17.7. The molecule has 0 spiro atoms. The van der Waals surface area contributed by atoms with Crippen LogP contribution in [0.25, 0.3) is 38.9 Å². The first kappa shape index (κ1) is 22.6. The second-order valence-corrected chi connectivity index (χ2v) is 9.55. The molecule has 3 N–H and O–H groups in total. The van der Waals surface area contributed by atoms with Gasteiger partial charge in [-0.25, -0.2) is 15.0 Å². The molecule has 7 heteroatoms. The van der Waals surface area contributed by atoms with Crippen LogP contribution < -0.4 is 11.1 Å². The minimum atomic E-state index is 0.408. The summed E-state index contributed by atoms with van der Waals surface area (Å²) in [6, 6.07) is 20.8. The molecule has 7 nitrogen and oxygen atoms in total. The van der Waals surface area contributed by atoms with Gasteiger partial charge in [0, 0.05) is 48.5 Å². The van der Waals surface area contributed by atoms with Crippen LogP contribution in [0.15, 0.2) is 73.1 Å². The molecule has 6 rings (SSSR count). The van der Waals surface area contributed by atoms with Crippen molar-refractivity contribution in [3.63, 3.8) is 0 Å². The number of nitrogen functional groups attached to an aromatic ring is 1. The van der Waals surface area contributed by atoms with Crippen LogP contribution in [0.4, 0.5) is 5.82 Å². The molecule has 182 valence electrons. The molecule has 0 amide bonds. The van der Waals surface area contributed by atoms with Crippen molar-refractivity contribution >= 4 is 22.2 Å². The fraction of sp³-hybridized carbons (Fsp3) is 0.276. The highest BCUT2D eigenvalue weighted by Gasteiger charge is 2.34. The van der Waals surface area contributed by atoms with E-state index in [9.17, 15) is 0 Å². The van der Waals surface area contributed by atoms with Crippen molar-refractivity contribution in [3.8, 4) is 22.5 Å². The lowest BCUT2D eigenvalue weighted by Crippen LogP contribution is -2.34. The Balaban J connectivity index is 1.34. The summed E-state index contributed by atoms with van der Waals surface area (Å²) < 4.78 is 7.26. The van der Waals surface area contributed by atoms with E-state index in [1.165, 1.54) is 0 Å². The molecular weight excluding hydrogens is 448 g/mol. The molecule has 1 saturated carbocycles. The van der Waals surface area contributed by atoms with Crippen molar-refractivity contribution in [3.05, 3.63) is 78.9 Å². The van der Waals surface area contributed by atoms with Crippen LogP contribution in [0.2, 0.25) is 0 Å². The minimum absolute atomic E-state index is 0.408. The van der Waals surface area contributed by atoms with Gasteiger partial charge in [0.25, 0.3) is 0 Å². The quantitative estimate of drug-likeness (QED) is 0.308. The van der Waals surface area contributed by atoms with Gasteiger partial charge in [0.1, 0.15) is 22.9 Å². The zero-order valence-electron chi connectivity index (χ0n) is 20.4. The Labute approximate surface area is 210 Å². The molecule has 0 bridgehead atoms. The van der Waals surface area contributed by atoms with E-state index in [1.807, 2.05) is 24.4 Å². The zero-order chi connectivity index (χ0) is 24.5. The summed E-state index contributed by atoms with van der Waals surface area (Å²) in [6.45, 7) is 2.64. The maximum atomic E-state index is 6.39. The Morgan fingerprint density at radius 2 is 1.86 bits per heavy atom. The maximum absolute atomic E-state index is 6.39. The number of rotatable bonds is 8. The second-order valence-electron chi connectivity index (χ2n) is 9.55. The van der Waals surface area contributed by atoms with Crippen LogP contribution in [0.3, 0.4) is 0 Å². The molecule has 2 aromatic carbocycles. The van der Waals surface area contributed by atoms with Crippen molar-refractivity contribution in [1.82, 2.24) is 24.7 Å². The van der Waals surface area contributed by atoms with Crippen LogP contribution in [-0.2, 0) is 4.74 Å². The molecule has 0 saturated heterocycles. The van der Waals surface area contributed by atoms with Crippen molar-refractivity contribution in [2.45, 2.75) is 18.8 Å². The van der Waals surface area contributed by atoms with Gasteiger partial charge >= 0.3 is 0 Å². The van der Waals surface area contributed by atoms with Crippen molar-refractivity contribution in [2.24, 2.45) is 5.92 Å². The van der Waals surface area contributed by atoms with E-state index < -0.39 is 0 Å². The average molecular weight is 479 g/mol. The lowest BCUT2D eigenvalue weighted by atomic mass is 9.74. The van der Waals surface area contributed by atoms with Crippen LogP contribution >= 0.6 is 0 Å². The van der Waals surface area contributed by atoms with E-state index in [4.69, 9.17) is 20.4 Å². The summed E-state index contributed by atoms with van der Waals surface area (Å²) >= 11 is 0. The van der Waals surface area contributed by atoms with E-state index in [-0.39, 0.29) is 0 Å². The lowest BCUT2D eigenvalue weighted by Gasteiger charge is -2.34. The normalized spacial score (nSPS) is 17.5. The number of imidazole rings is 1. The van der Waals surface area contributed by atoms with Crippen molar-refractivity contribution in [1.29, 1.82) is 0 Å². The van der Waals surface area contributed by atoms with Crippen LogP contribution in [0, 0.1) is 5.92 Å². The summed E-state index contributed by atoms with van der Waals surface area (Å²) in [5.41, 5.74) is 12.1. The number of ether oxygens (including phenoxy) is 1. The molecule has 0 unspecified atom stereocenters. The molecule has 5 aromatic rings. The third-order valence-corrected chi connectivity index (χ3v) is 7.16. The Hall–Kier alpha value is -3.81. The molecule has 0 radical (unpaired) electrons.